The number of halogens is 2. The van der Waals surface area contributed by atoms with Crippen LogP contribution in [-0.2, 0) is 0 Å². The molecule has 0 amide bonds. The van der Waals surface area contributed by atoms with Crippen LogP contribution >= 0.6 is 0 Å². The van der Waals surface area contributed by atoms with Crippen LogP contribution in [0.25, 0.3) is 0 Å². The van der Waals surface area contributed by atoms with Gasteiger partial charge in [0.05, 0.1) is 0 Å². The normalized spacial score (nSPS) is 25.3. The van der Waals surface area contributed by atoms with Crippen LogP contribution in [0.5, 0.6) is 0 Å². The van der Waals surface area contributed by atoms with E-state index in [-0.39, 0.29) is 6.04 Å². The fourth-order valence-electron chi connectivity index (χ4n) is 3.14. The van der Waals surface area contributed by atoms with Gasteiger partial charge in [-0.15, -0.1) is 0 Å². The lowest BCUT2D eigenvalue weighted by Gasteiger charge is -2.33. The molecular weight excluding hydrogens is 246 g/mol. The molecule has 1 N–H and O–H groups in total. The number of nitrogens with zero attached hydrogens (tertiary/aromatic N) is 1. The summed E-state index contributed by atoms with van der Waals surface area (Å²) in [6, 6.07) is 4.45. The minimum absolute atomic E-state index is 0.0503. The van der Waals surface area contributed by atoms with Gasteiger partial charge >= 0.3 is 0 Å². The summed E-state index contributed by atoms with van der Waals surface area (Å²) in [6.07, 6.45) is 3.31. The molecule has 2 unspecified atom stereocenters. The monoisotopic (exact) mass is 268 g/mol. The maximum atomic E-state index is 14.1. The van der Waals surface area contributed by atoms with Crippen LogP contribution in [0, 0.1) is 17.6 Å². The fourth-order valence-corrected chi connectivity index (χ4v) is 3.14. The Labute approximate surface area is 113 Å². The van der Waals surface area contributed by atoms with Crippen LogP contribution < -0.4 is 5.32 Å². The zero-order valence-electron chi connectivity index (χ0n) is 11.6. The maximum absolute atomic E-state index is 14.1. The van der Waals surface area contributed by atoms with Crippen LogP contribution in [0.15, 0.2) is 18.2 Å². The number of hydrogen-bond acceptors (Lipinski definition) is 2. The number of hydrogen-bond donors (Lipinski definition) is 1. The zero-order valence-corrected chi connectivity index (χ0v) is 11.6. The first kappa shape index (κ1) is 14.4. The number of benzene rings is 1. The van der Waals surface area contributed by atoms with Crippen LogP contribution in [0.1, 0.15) is 30.9 Å². The molecular formula is C15H22F2N2. The molecule has 0 bridgehead atoms. The van der Waals surface area contributed by atoms with Crippen molar-refractivity contribution < 1.29 is 8.78 Å². The van der Waals surface area contributed by atoms with E-state index in [2.05, 4.69) is 10.2 Å². The molecule has 1 fully saturated rings. The molecule has 1 aromatic carbocycles. The van der Waals surface area contributed by atoms with Gasteiger partial charge < -0.3 is 5.32 Å². The van der Waals surface area contributed by atoms with E-state index >= 15 is 0 Å². The van der Waals surface area contributed by atoms with Crippen molar-refractivity contribution in [1.82, 2.24) is 10.2 Å². The number of nitrogens with one attached hydrogen (secondary N) is 1. The smallest absolute Gasteiger partial charge is 0.163 e. The van der Waals surface area contributed by atoms with Crippen molar-refractivity contribution in [2.75, 3.05) is 27.2 Å². The molecule has 0 aromatic heterocycles. The summed E-state index contributed by atoms with van der Waals surface area (Å²) in [5.74, 6) is -1.13. The first-order chi connectivity index (χ1) is 9.15. The molecule has 1 aromatic rings. The molecule has 1 aliphatic heterocycles. The van der Waals surface area contributed by atoms with Gasteiger partial charge in [-0.25, -0.2) is 8.78 Å². The first-order valence-corrected chi connectivity index (χ1v) is 6.94. The van der Waals surface area contributed by atoms with Gasteiger partial charge in [-0.2, -0.15) is 0 Å². The lowest BCUT2D eigenvalue weighted by Crippen LogP contribution is -2.34. The van der Waals surface area contributed by atoms with Crippen LogP contribution in [0.2, 0.25) is 0 Å². The minimum Gasteiger partial charge on any atom is -0.319 e. The Morgan fingerprint density at radius 3 is 2.84 bits per heavy atom. The van der Waals surface area contributed by atoms with E-state index in [1.807, 2.05) is 14.1 Å². The van der Waals surface area contributed by atoms with Gasteiger partial charge in [-0.05, 0) is 52.0 Å². The minimum atomic E-state index is -0.752. The molecule has 0 saturated carbocycles. The predicted molar refractivity (Wildman–Crippen MR) is 73.0 cm³/mol. The summed E-state index contributed by atoms with van der Waals surface area (Å²) in [6.45, 7) is 1.76. The highest BCUT2D eigenvalue weighted by Crippen LogP contribution is 2.35. The van der Waals surface area contributed by atoms with Crippen molar-refractivity contribution in [3.63, 3.8) is 0 Å². The van der Waals surface area contributed by atoms with E-state index in [1.165, 1.54) is 6.07 Å². The average Bonchev–Trinajstić information content (AvgIpc) is 2.56. The standard InChI is InChI=1S/C15H22F2N2/c1-18-10-11-6-3-4-9-19(2)15(11)12-7-5-8-13(16)14(12)17/h5,7-8,11,15,18H,3-4,6,9-10H2,1-2H3. The molecule has 19 heavy (non-hydrogen) atoms. The molecule has 1 saturated heterocycles. The van der Waals surface area contributed by atoms with Crippen molar-refractivity contribution in [1.29, 1.82) is 0 Å². The van der Waals surface area contributed by atoms with Crippen LogP contribution in [0.4, 0.5) is 8.78 Å². The van der Waals surface area contributed by atoms with Gasteiger partial charge in [0, 0.05) is 11.6 Å². The molecule has 4 heteroatoms. The lowest BCUT2D eigenvalue weighted by atomic mass is 9.89. The third-order valence-corrected chi connectivity index (χ3v) is 4.02. The molecule has 0 spiro atoms. The summed E-state index contributed by atoms with van der Waals surface area (Å²) < 4.78 is 27.6. The second kappa shape index (κ2) is 6.44. The second-order valence-electron chi connectivity index (χ2n) is 5.38. The van der Waals surface area contributed by atoms with Crippen molar-refractivity contribution >= 4 is 0 Å². The van der Waals surface area contributed by atoms with E-state index in [0.29, 0.717) is 11.5 Å². The van der Waals surface area contributed by atoms with Gasteiger partial charge in [0.1, 0.15) is 0 Å². The highest BCUT2D eigenvalue weighted by molar-refractivity contribution is 5.23. The summed E-state index contributed by atoms with van der Waals surface area (Å²) in [5.41, 5.74) is 0.490. The quantitative estimate of drug-likeness (QED) is 0.906. The average molecular weight is 268 g/mol. The lowest BCUT2D eigenvalue weighted by molar-refractivity contribution is 0.185. The Morgan fingerprint density at radius 2 is 2.11 bits per heavy atom. The van der Waals surface area contributed by atoms with Crippen LogP contribution in [0.3, 0.4) is 0 Å². The Morgan fingerprint density at radius 1 is 1.32 bits per heavy atom. The summed E-state index contributed by atoms with van der Waals surface area (Å²) >= 11 is 0. The van der Waals surface area contributed by atoms with Crippen molar-refractivity contribution in [2.24, 2.45) is 5.92 Å². The third kappa shape index (κ3) is 3.12. The SMILES string of the molecule is CNCC1CCCCN(C)C1c1cccc(F)c1F. The Kier molecular flexibility index (Phi) is 4.88. The molecule has 106 valence electrons. The van der Waals surface area contributed by atoms with E-state index in [4.69, 9.17) is 0 Å². The van der Waals surface area contributed by atoms with Gasteiger partial charge in [0.2, 0.25) is 0 Å². The van der Waals surface area contributed by atoms with Gasteiger partial charge in [0.25, 0.3) is 0 Å². The zero-order chi connectivity index (χ0) is 13.8. The molecule has 1 heterocycles. The first-order valence-electron chi connectivity index (χ1n) is 6.94. The Hall–Kier alpha value is -1.00. The number of rotatable bonds is 3. The molecule has 2 atom stereocenters. The molecule has 2 rings (SSSR count). The summed E-state index contributed by atoms with van der Waals surface area (Å²) in [4.78, 5) is 2.16. The number of likely N-dealkylation sites (tertiary alicyclic amines) is 1. The van der Waals surface area contributed by atoms with E-state index in [0.717, 1.165) is 32.4 Å². The van der Waals surface area contributed by atoms with Crippen molar-refractivity contribution in [2.45, 2.75) is 25.3 Å². The largest absolute Gasteiger partial charge is 0.319 e. The molecule has 0 radical (unpaired) electrons. The Bertz CT molecular complexity index is 423. The molecule has 1 aliphatic rings. The second-order valence-corrected chi connectivity index (χ2v) is 5.38. The Balaban J connectivity index is 2.37. The predicted octanol–water partition coefficient (Wildman–Crippen LogP) is 2.96. The van der Waals surface area contributed by atoms with Crippen molar-refractivity contribution in [3.05, 3.63) is 35.4 Å². The summed E-state index contributed by atoms with van der Waals surface area (Å²) in [5, 5.41) is 3.18. The summed E-state index contributed by atoms with van der Waals surface area (Å²) in [7, 11) is 3.91. The van der Waals surface area contributed by atoms with Gasteiger partial charge in [0.15, 0.2) is 11.6 Å². The van der Waals surface area contributed by atoms with Crippen molar-refractivity contribution in [3.8, 4) is 0 Å². The van der Waals surface area contributed by atoms with E-state index < -0.39 is 11.6 Å². The van der Waals surface area contributed by atoms with E-state index in [1.54, 1.807) is 12.1 Å². The highest BCUT2D eigenvalue weighted by atomic mass is 19.2. The van der Waals surface area contributed by atoms with Crippen LogP contribution in [-0.4, -0.2) is 32.1 Å². The molecule has 2 nitrogen and oxygen atoms in total. The topological polar surface area (TPSA) is 15.3 Å². The third-order valence-electron chi connectivity index (χ3n) is 4.02. The fraction of sp³-hybridized carbons (Fsp3) is 0.600. The van der Waals surface area contributed by atoms with E-state index in [9.17, 15) is 8.78 Å². The van der Waals surface area contributed by atoms with Gasteiger partial charge in [-0.3, -0.25) is 4.90 Å². The molecule has 0 aliphatic carbocycles. The highest BCUT2D eigenvalue weighted by Gasteiger charge is 2.31. The van der Waals surface area contributed by atoms with Gasteiger partial charge in [-0.1, -0.05) is 18.6 Å². The maximum Gasteiger partial charge on any atom is 0.163 e.